The van der Waals surface area contributed by atoms with Crippen molar-refractivity contribution in [2.75, 3.05) is 0 Å². The van der Waals surface area contributed by atoms with Crippen LogP contribution in [-0.4, -0.2) is 29.5 Å². The molecule has 29 heavy (non-hydrogen) atoms. The molecule has 3 aromatic rings. The van der Waals surface area contributed by atoms with Crippen molar-refractivity contribution in [1.29, 1.82) is 0 Å². The van der Waals surface area contributed by atoms with Crippen molar-refractivity contribution < 1.29 is 17.6 Å². The number of rotatable bonds is 7. The summed E-state index contributed by atoms with van der Waals surface area (Å²) in [6, 6.07) is 11.3. The van der Waals surface area contributed by atoms with Crippen molar-refractivity contribution in [3.8, 4) is 0 Å². The Hall–Kier alpha value is -2.95. The van der Waals surface area contributed by atoms with Gasteiger partial charge in [0.25, 0.3) is 5.91 Å². The van der Waals surface area contributed by atoms with Gasteiger partial charge in [-0.2, -0.15) is 5.10 Å². The Morgan fingerprint density at radius 2 is 1.86 bits per heavy atom. The normalized spacial score (nSPS) is 11.2. The third-order valence-corrected chi connectivity index (χ3v) is 5.44. The molecule has 2 N–H and O–H groups in total. The molecule has 0 aliphatic heterocycles. The van der Waals surface area contributed by atoms with E-state index >= 15 is 0 Å². The summed E-state index contributed by atoms with van der Waals surface area (Å²) in [7, 11) is -3.92. The average Bonchev–Trinajstić information content (AvgIpc) is 2.73. The summed E-state index contributed by atoms with van der Waals surface area (Å²) in [5.41, 5.74) is 1.07. The number of aromatic nitrogens is 3. The molecule has 0 atom stereocenters. The fourth-order valence-corrected chi connectivity index (χ4v) is 3.51. The third-order valence-electron chi connectivity index (χ3n) is 3.75. The van der Waals surface area contributed by atoms with Crippen LogP contribution in [0.2, 0.25) is 5.02 Å². The number of halogens is 2. The Kier molecular flexibility index (Phi) is 6.47. The quantitative estimate of drug-likeness (QED) is 0.587. The van der Waals surface area contributed by atoms with Crippen molar-refractivity contribution in [2.24, 2.45) is 0 Å². The molecule has 2 aromatic heterocycles. The van der Waals surface area contributed by atoms with Crippen molar-refractivity contribution in [3.05, 3.63) is 82.6 Å². The first-order chi connectivity index (χ1) is 13.8. The molecule has 0 unspecified atom stereocenters. The minimum atomic E-state index is -3.92. The minimum absolute atomic E-state index is 0.0813. The van der Waals surface area contributed by atoms with E-state index in [1.807, 2.05) is 6.07 Å². The lowest BCUT2D eigenvalue weighted by Crippen LogP contribution is -2.26. The summed E-state index contributed by atoms with van der Waals surface area (Å²) >= 11 is 5.62. The Morgan fingerprint density at radius 3 is 2.52 bits per heavy atom. The van der Waals surface area contributed by atoms with E-state index < -0.39 is 21.7 Å². The smallest absolute Gasteiger partial charge is 0.272 e. The number of amides is 1. The van der Waals surface area contributed by atoms with Crippen LogP contribution in [0.4, 0.5) is 4.39 Å². The Labute approximate surface area is 171 Å². The van der Waals surface area contributed by atoms with E-state index in [1.165, 1.54) is 12.1 Å². The molecule has 0 aliphatic rings. The summed E-state index contributed by atoms with van der Waals surface area (Å²) in [5, 5.41) is 10.0. The van der Waals surface area contributed by atoms with E-state index in [0.717, 1.165) is 18.2 Å². The van der Waals surface area contributed by atoms with E-state index in [1.54, 1.807) is 18.3 Å². The van der Waals surface area contributed by atoms with Gasteiger partial charge in [0.05, 0.1) is 34.4 Å². The molecule has 0 radical (unpaired) electrons. The van der Waals surface area contributed by atoms with Gasteiger partial charge in [-0.25, -0.2) is 17.5 Å². The summed E-state index contributed by atoms with van der Waals surface area (Å²) < 4.78 is 40.0. The lowest BCUT2D eigenvalue weighted by atomic mass is 10.3. The zero-order chi connectivity index (χ0) is 20.9. The first kappa shape index (κ1) is 20.8. The summed E-state index contributed by atoms with van der Waals surface area (Å²) in [6.07, 6.45) is 1.62. The fourth-order valence-electron chi connectivity index (χ4n) is 2.24. The maximum atomic E-state index is 13.2. The van der Waals surface area contributed by atoms with Crippen LogP contribution >= 0.6 is 11.6 Å². The second-order valence-corrected chi connectivity index (χ2v) is 7.99. The maximum absolute atomic E-state index is 13.2. The van der Waals surface area contributed by atoms with Gasteiger partial charge in [0.1, 0.15) is 5.82 Å². The third kappa shape index (κ3) is 5.53. The van der Waals surface area contributed by atoms with E-state index in [9.17, 15) is 17.6 Å². The highest BCUT2D eigenvalue weighted by Crippen LogP contribution is 2.19. The van der Waals surface area contributed by atoms with Gasteiger partial charge in [-0.1, -0.05) is 17.7 Å². The number of nitrogens with one attached hydrogen (secondary N) is 2. The number of carbonyl (C=O) groups is 1. The lowest BCUT2D eigenvalue weighted by Gasteiger charge is -2.07. The highest BCUT2D eigenvalue weighted by Gasteiger charge is 2.16. The lowest BCUT2D eigenvalue weighted by molar-refractivity contribution is 0.0944. The molecule has 8 nitrogen and oxygen atoms in total. The average molecular weight is 436 g/mol. The Bertz CT molecular complexity index is 1110. The van der Waals surface area contributed by atoms with Gasteiger partial charge < -0.3 is 5.32 Å². The molecule has 0 saturated heterocycles. The molecule has 1 amide bonds. The highest BCUT2D eigenvalue weighted by molar-refractivity contribution is 7.89. The molecule has 2 heterocycles. The van der Waals surface area contributed by atoms with Crippen LogP contribution < -0.4 is 10.0 Å². The number of sulfonamides is 1. The van der Waals surface area contributed by atoms with Gasteiger partial charge in [0.15, 0.2) is 5.69 Å². The van der Waals surface area contributed by atoms with Gasteiger partial charge in [-0.15, -0.1) is 5.10 Å². The second kappa shape index (κ2) is 9.03. The standard InChI is InChI=1S/C18H15ClFN5O3S/c19-15-9-14(5-6-16(15)20)29(27,28)23-11-13-4-7-17(25-24-13)18(26)22-10-12-3-1-2-8-21-12/h1-9,23H,10-11H2,(H,22,26). The van der Waals surface area contributed by atoms with Gasteiger partial charge >= 0.3 is 0 Å². The number of carbonyl (C=O) groups excluding carboxylic acids is 1. The molecular formula is C18H15ClFN5O3S. The van der Waals surface area contributed by atoms with Crippen LogP contribution in [0, 0.1) is 5.82 Å². The van der Waals surface area contributed by atoms with Gasteiger partial charge in [-0.05, 0) is 42.5 Å². The first-order valence-electron chi connectivity index (χ1n) is 8.30. The Balaban J connectivity index is 1.58. The molecule has 0 spiro atoms. The van der Waals surface area contributed by atoms with Crippen LogP contribution in [-0.2, 0) is 23.1 Å². The monoisotopic (exact) mass is 435 g/mol. The molecular weight excluding hydrogens is 421 g/mol. The summed E-state index contributed by atoms with van der Waals surface area (Å²) in [5.74, 6) is -1.15. The van der Waals surface area contributed by atoms with Crippen molar-refractivity contribution >= 4 is 27.5 Å². The van der Waals surface area contributed by atoms with Crippen LogP contribution in [0.3, 0.4) is 0 Å². The number of pyridine rings is 1. The fraction of sp³-hybridized carbons (Fsp3) is 0.111. The predicted octanol–water partition coefficient (Wildman–Crippen LogP) is 2.07. The van der Waals surface area contributed by atoms with Crippen LogP contribution in [0.25, 0.3) is 0 Å². The van der Waals surface area contributed by atoms with Crippen LogP contribution in [0.1, 0.15) is 21.9 Å². The van der Waals surface area contributed by atoms with E-state index in [2.05, 4.69) is 25.2 Å². The van der Waals surface area contributed by atoms with Crippen molar-refractivity contribution in [1.82, 2.24) is 25.2 Å². The number of hydrogen-bond donors (Lipinski definition) is 2. The van der Waals surface area contributed by atoms with Crippen LogP contribution in [0.5, 0.6) is 0 Å². The molecule has 3 rings (SSSR count). The maximum Gasteiger partial charge on any atom is 0.272 e. The zero-order valence-corrected chi connectivity index (χ0v) is 16.4. The van der Waals surface area contributed by atoms with E-state index in [4.69, 9.17) is 11.6 Å². The largest absolute Gasteiger partial charge is 0.345 e. The molecule has 0 fully saturated rings. The first-order valence-corrected chi connectivity index (χ1v) is 10.2. The summed E-state index contributed by atoms with van der Waals surface area (Å²) in [6.45, 7) is 0.0727. The number of benzene rings is 1. The topological polar surface area (TPSA) is 114 Å². The second-order valence-electron chi connectivity index (χ2n) is 5.81. The predicted molar refractivity (Wildman–Crippen MR) is 103 cm³/mol. The minimum Gasteiger partial charge on any atom is -0.345 e. The van der Waals surface area contributed by atoms with Gasteiger partial charge in [0, 0.05) is 6.20 Å². The molecule has 0 aliphatic carbocycles. The Morgan fingerprint density at radius 1 is 1.03 bits per heavy atom. The van der Waals surface area contributed by atoms with Crippen molar-refractivity contribution in [3.63, 3.8) is 0 Å². The van der Waals surface area contributed by atoms with Crippen LogP contribution in [0.15, 0.2) is 59.6 Å². The molecule has 1 aromatic carbocycles. The zero-order valence-electron chi connectivity index (χ0n) is 14.8. The highest BCUT2D eigenvalue weighted by atomic mass is 35.5. The molecule has 150 valence electrons. The van der Waals surface area contributed by atoms with Gasteiger partial charge in [-0.3, -0.25) is 9.78 Å². The molecule has 0 bridgehead atoms. The number of hydrogen-bond acceptors (Lipinski definition) is 6. The SMILES string of the molecule is O=C(NCc1ccccn1)c1ccc(CNS(=O)(=O)c2ccc(F)c(Cl)c2)nn1. The van der Waals surface area contributed by atoms with Gasteiger partial charge in [0.2, 0.25) is 10.0 Å². The van der Waals surface area contributed by atoms with Crippen molar-refractivity contribution in [2.45, 2.75) is 18.0 Å². The number of nitrogens with zero attached hydrogens (tertiary/aromatic N) is 3. The van der Waals surface area contributed by atoms with E-state index in [0.29, 0.717) is 11.4 Å². The van der Waals surface area contributed by atoms with E-state index in [-0.39, 0.29) is 28.7 Å². The summed E-state index contributed by atoms with van der Waals surface area (Å²) in [4.78, 5) is 16.0. The molecule has 11 heteroatoms. The molecule has 0 saturated carbocycles.